The molecular formula is C53H38N2S. The third kappa shape index (κ3) is 5.23. The summed E-state index contributed by atoms with van der Waals surface area (Å²) in [5, 5.41) is 6.48. The van der Waals surface area contributed by atoms with Gasteiger partial charge in [-0.1, -0.05) is 158 Å². The van der Waals surface area contributed by atoms with Crippen molar-refractivity contribution in [3.05, 3.63) is 205 Å². The molecule has 0 amide bonds. The maximum Gasteiger partial charge on any atom is 0.0657 e. The van der Waals surface area contributed by atoms with E-state index in [2.05, 4.69) is 217 Å². The van der Waals surface area contributed by atoms with Crippen LogP contribution < -0.4 is 4.90 Å². The topological polar surface area (TPSA) is 8.17 Å². The van der Waals surface area contributed by atoms with E-state index < -0.39 is 0 Å². The zero-order chi connectivity index (χ0) is 37.2. The highest BCUT2D eigenvalue weighted by atomic mass is 32.1. The van der Waals surface area contributed by atoms with Crippen molar-refractivity contribution in [3.8, 4) is 22.3 Å². The van der Waals surface area contributed by atoms with Crippen LogP contribution in [0, 0.1) is 0 Å². The second-order valence-corrected chi connectivity index (χ2v) is 16.3. The van der Waals surface area contributed by atoms with Gasteiger partial charge in [-0.3, -0.25) is 0 Å². The Morgan fingerprint density at radius 1 is 0.536 bits per heavy atom. The normalized spacial score (nSPS) is 15.2. The number of thiophene rings is 1. The molecule has 56 heavy (non-hydrogen) atoms. The van der Waals surface area contributed by atoms with Gasteiger partial charge >= 0.3 is 0 Å². The average molecular weight is 735 g/mol. The predicted molar refractivity (Wildman–Crippen MR) is 241 cm³/mol. The molecule has 0 saturated carbocycles. The van der Waals surface area contributed by atoms with E-state index in [1.165, 1.54) is 75.4 Å². The Labute approximate surface area is 330 Å². The van der Waals surface area contributed by atoms with Gasteiger partial charge in [0.2, 0.25) is 0 Å². The molecule has 8 aromatic carbocycles. The van der Waals surface area contributed by atoms with Crippen LogP contribution in [0.1, 0.15) is 17.4 Å². The zero-order valence-electron chi connectivity index (χ0n) is 31.1. The van der Waals surface area contributed by atoms with Crippen molar-refractivity contribution in [1.82, 2.24) is 4.57 Å². The van der Waals surface area contributed by atoms with Crippen molar-refractivity contribution in [3.63, 3.8) is 0 Å². The van der Waals surface area contributed by atoms with Crippen molar-refractivity contribution in [2.24, 2.45) is 0 Å². The number of hydrogen-bond acceptors (Lipinski definition) is 2. The molecule has 1 atom stereocenters. The summed E-state index contributed by atoms with van der Waals surface area (Å²) in [6.07, 6.45) is 5.77. The Kier molecular flexibility index (Phi) is 7.58. The molecule has 0 N–H and O–H groups in total. The minimum Gasteiger partial charge on any atom is -0.330 e. The van der Waals surface area contributed by atoms with E-state index in [1.54, 1.807) is 0 Å². The first kappa shape index (κ1) is 32.7. The number of hydrogen-bond donors (Lipinski definition) is 0. The number of aromatic nitrogens is 1. The predicted octanol–water partition coefficient (Wildman–Crippen LogP) is 15.0. The third-order valence-electron chi connectivity index (χ3n) is 11.7. The molecule has 3 heteroatoms. The van der Waals surface area contributed by atoms with Crippen LogP contribution in [0.5, 0.6) is 0 Å². The van der Waals surface area contributed by atoms with E-state index in [9.17, 15) is 0 Å². The van der Waals surface area contributed by atoms with Crippen molar-refractivity contribution in [2.45, 2.75) is 18.9 Å². The molecular weight excluding hydrogens is 697 g/mol. The molecule has 0 radical (unpaired) electrons. The van der Waals surface area contributed by atoms with Gasteiger partial charge < -0.3 is 9.47 Å². The second-order valence-electron chi connectivity index (χ2n) is 15.2. The van der Waals surface area contributed by atoms with Crippen LogP contribution in [0.3, 0.4) is 0 Å². The molecule has 2 nitrogen and oxygen atoms in total. The fraction of sp³-hybridized carbons (Fsp3) is 0.0566. The number of fused-ring (bicyclic) bond motifs is 8. The molecule has 11 rings (SSSR count). The van der Waals surface area contributed by atoms with Crippen LogP contribution in [-0.4, -0.2) is 4.57 Å². The van der Waals surface area contributed by atoms with Gasteiger partial charge in [0.1, 0.15) is 0 Å². The maximum atomic E-state index is 2.64. The summed E-state index contributed by atoms with van der Waals surface area (Å²) in [5.41, 5.74) is 11.7. The Hall–Kier alpha value is -6.68. The van der Waals surface area contributed by atoms with Crippen molar-refractivity contribution < 1.29 is 0 Å². The lowest BCUT2D eigenvalue weighted by Gasteiger charge is -2.33. The molecule has 1 unspecified atom stereocenters. The largest absolute Gasteiger partial charge is 0.330 e. The van der Waals surface area contributed by atoms with Crippen LogP contribution in [0.15, 0.2) is 194 Å². The number of anilines is 3. The fourth-order valence-electron chi connectivity index (χ4n) is 9.09. The average Bonchev–Trinajstić information content (AvgIpc) is 3.80. The first-order valence-electron chi connectivity index (χ1n) is 19.4. The molecule has 0 saturated heterocycles. The Morgan fingerprint density at radius 2 is 1.20 bits per heavy atom. The Morgan fingerprint density at radius 3 is 2.02 bits per heavy atom. The molecule has 0 aliphatic heterocycles. The van der Waals surface area contributed by atoms with Crippen LogP contribution in [-0.2, 0) is 12.0 Å². The summed E-state index contributed by atoms with van der Waals surface area (Å²) in [5.74, 6) is 0. The lowest BCUT2D eigenvalue weighted by Crippen LogP contribution is -2.31. The van der Waals surface area contributed by atoms with Crippen molar-refractivity contribution >= 4 is 77.1 Å². The summed E-state index contributed by atoms with van der Waals surface area (Å²) in [7, 11) is 0. The molecule has 1 aliphatic carbocycles. The summed E-state index contributed by atoms with van der Waals surface area (Å²) in [6.45, 7) is 2.42. The molecule has 266 valence electrons. The van der Waals surface area contributed by atoms with Gasteiger partial charge in [-0.05, 0) is 87.8 Å². The molecule has 0 spiro atoms. The van der Waals surface area contributed by atoms with Crippen LogP contribution >= 0.6 is 11.3 Å². The lowest BCUT2D eigenvalue weighted by molar-refractivity contribution is 0.434. The molecule has 2 aromatic heterocycles. The van der Waals surface area contributed by atoms with Crippen LogP contribution in [0.25, 0.3) is 71.0 Å². The number of nitrogens with zero attached hydrogens (tertiary/aromatic N) is 2. The minimum atomic E-state index is -0.293. The highest BCUT2D eigenvalue weighted by Crippen LogP contribution is 2.48. The zero-order valence-corrected chi connectivity index (χ0v) is 31.9. The molecule has 0 bridgehead atoms. The summed E-state index contributed by atoms with van der Waals surface area (Å²) in [6, 6.07) is 68.7. The van der Waals surface area contributed by atoms with Crippen molar-refractivity contribution in [1.29, 1.82) is 0 Å². The summed E-state index contributed by atoms with van der Waals surface area (Å²) in [4.78, 5) is 3.89. The molecule has 2 heterocycles. The van der Waals surface area contributed by atoms with E-state index >= 15 is 0 Å². The first-order chi connectivity index (χ1) is 27.6. The highest BCUT2D eigenvalue weighted by molar-refractivity contribution is 7.19. The summed E-state index contributed by atoms with van der Waals surface area (Å²) >= 11 is 1.94. The van der Waals surface area contributed by atoms with Crippen LogP contribution in [0.4, 0.5) is 17.1 Å². The number of para-hydroxylation sites is 1. The van der Waals surface area contributed by atoms with Crippen LogP contribution in [0.2, 0.25) is 0 Å². The van der Waals surface area contributed by atoms with E-state index in [0.717, 1.165) is 23.5 Å². The quantitative estimate of drug-likeness (QED) is 0.165. The Bertz CT molecular complexity index is 3120. The number of allylic oxidation sites excluding steroid dienone is 1. The highest BCUT2D eigenvalue weighted by Gasteiger charge is 2.33. The van der Waals surface area contributed by atoms with Gasteiger partial charge in [0, 0.05) is 43.7 Å². The van der Waals surface area contributed by atoms with E-state index in [4.69, 9.17) is 0 Å². The Balaban J connectivity index is 1.16. The number of benzene rings is 8. The third-order valence-corrected chi connectivity index (χ3v) is 12.9. The summed E-state index contributed by atoms with van der Waals surface area (Å²) < 4.78 is 3.99. The smallest absolute Gasteiger partial charge is 0.0657 e. The SMILES string of the molecule is CC1(n2c3cc(N(c4ccc(-c5ccccc5)cc4)c4ccccc4-c4ccccc4)ccc3c3c4ccccc4ccc32)C=Cc2c(sc3ccccc23)C1. The lowest BCUT2D eigenvalue weighted by atomic mass is 9.88. The van der Waals surface area contributed by atoms with Gasteiger partial charge in [-0.25, -0.2) is 0 Å². The van der Waals surface area contributed by atoms with Crippen molar-refractivity contribution in [2.75, 3.05) is 4.90 Å². The molecule has 1 aliphatic rings. The van der Waals surface area contributed by atoms with E-state index in [-0.39, 0.29) is 5.54 Å². The molecule has 10 aromatic rings. The van der Waals surface area contributed by atoms with Gasteiger partial charge in [0.05, 0.1) is 22.3 Å². The van der Waals surface area contributed by atoms with Gasteiger partial charge in [0.25, 0.3) is 0 Å². The van der Waals surface area contributed by atoms with E-state index in [1.807, 2.05) is 11.3 Å². The molecule has 0 fully saturated rings. The number of rotatable bonds is 6. The minimum absolute atomic E-state index is 0.293. The fourth-order valence-corrected chi connectivity index (χ4v) is 10.4. The standard InChI is InChI=1S/C53H38N2S/c1-53(33-32-45-44-21-11-13-23-50(44)56-51(45)35-53)55-48-31-26-39-18-8-9-20-43(39)52(48)46-30-29-41(34-49(46)55)54(40-27-24-37(25-28-40)36-14-4-2-5-15-36)47-22-12-10-19-42(47)38-16-6-3-7-17-38/h2-34H,35H2,1H3. The van der Waals surface area contributed by atoms with Gasteiger partial charge in [-0.15, -0.1) is 11.3 Å². The van der Waals surface area contributed by atoms with Gasteiger partial charge in [-0.2, -0.15) is 0 Å². The second kappa shape index (κ2) is 13.0. The van der Waals surface area contributed by atoms with Gasteiger partial charge in [0.15, 0.2) is 0 Å². The maximum absolute atomic E-state index is 2.64. The van der Waals surface area contributed by atoms with E-state index in [0.29, 0.717) is 0 Å². The first-order valence-corrected chi connectivity index (χ1v) is 20.2. The monoisotopic (exact) mass is 734 g/mol.